The Bertz CT molecular complexity index is 1330. The van der Waals surface area contributed by atoms with Gasteiger partial charge in [-0.15, -0.1) is 0 Å². The number of benzene rings is 2. The van der Waals surface area contributed by atoms with E-state index in [-0.39, 0.29) is 18.4 Å². The van der Waals surface area contributed by atoms with E-state index in [1.807, 2.05) is 61.0 Å². The minimum absolute atomic E-state index is 0.117. The van der Waals surface area contributed by atoms with Crippen LogP contribution in [0.25, 0.3) is 17.0 Å². The molecular weight excluding hydrogens is 516 g/mol. The Morgan fingerprint density at radius 3 is 2.74 bits per heavy atom. The summed E-state index contributed by atoms with van der Waals surface area (Å²) >= 11 is 9.00. The molecule has 2 heterocycles. The number of carbonyl (C=O) groups is 2. The molecule has 2 amide bonds. The lowest BCUT2D eigenvalue weighted by atomic mass is 10.1. The normalized spacial score (nSPS) is 14.8. The second kappa shape index (κ2) is 10.1. The zero-order valence-electron chi connectivity index (χ0n) is 19.1. The van der Waals surface area contributed by atoms with Gasteiger partial charge in [0.25, 0.3) is 5.91 Å². The molecule has 3 aromatic rings. The number of methoxy groups -OCH3 is 1. The fourth-order valence-electron chi connectivity index (χ4n) is 3.84. The topological polar surface area (TPSA) is 75.6 Å². The molecule has 1 aliphatic rings. The van der Waals surface area contributed by atoms with E-state index in [1.165, 1.54) is 4.90 Å². The van der Waals surface area contributed by atoms with Crippen molar-refractivity contribution in [3.05, 3.63) is 69.5 Å². The predicted molar refractivity (Wildman–Crippen MR) is 142 cm³/mol. The molecule has 2 N–H and O–H groups in total. The van der Waals surface area contributed by atoms with Crippen LogP contribution in [0, 0.1) is 13.8 Å². The van der Waals surface area contributed by atoms with Crippen molar-refractivity contribution in [2.75, 3.05) is 25.2 Å². The molecule has 0 aliphatic carbocycles. The van der Waals surface area contributed by atoms with E-state index < -0.39 is 0 Å². The first-order chi connectivity index (χ1) is 16.3. The number of amides is 2. The van der Waals surface area contributed by atoms with Crippen molar-refractivity contribution in [1.29, 1.82) is 0 Å². The van der Waals surface area contributed by atoms with Gasteiger partial charge in [-0.25, -0.2) is 0 Å². The van der Waals surface area contributed by atoms with Gasteiger partial charge in [0.05, 0.1) is 12.3 Å². The lowest BCUT2D eigenvalue weighted by molar-refractivity contribution is -0.121. The molecule has 0 spiro atoms. The fourth-order valence-corrected chi connectivity index (χ4v) is 4.50. The quantitative estimate of drug-likeness (QED) is 0.268. The van der Waals surface area contributed by atoms with E-state index in [4.69, 9.17) is 17.0 Å². The van der Waals surface area contributed by atoms with Crippen molar-refractivity contribution in [2.24, 2.45) is 0 Å². The second-order valence-corrected chi connectivity index (χ2v) is 9.42. The number of aromatic nitrogens is 1. The Kier molecular flexibility index (Phi) is 7.16. The monoisotopic (exact) mass is 540 g/mol. The van der Waals surface area contributed by atoms with Crippen LogP contribution in [-0.2, 0) is 20.9 Å². The number of ether oxygens (including phenoxy) is 1. The summed E-state index contributed by atoms with van der Waals surface area (Å²) in [5.74, 6) is -0.338. The molecule has 0 unspecified atom stereocenters. The van der Waals surface area contributed by atoms with Crippen molar-refractivity contribution in [2.45, 2.75) is 20.4 Å². The number of nitrogens with zero attached hydrogens (tertiary/aromatic N) is 2. The molecule has 0 saturated carbocycles. The number of anilines is 1. The molecule has 1 saturated heterocycles. The van der Waals surface area contributed by atoms with Gasteiger partial charge in [-0.05, 0) is 73.6 Å². The largest absolute Gasteiger partial charge is 0.383 e. The Hall–Kier alpha value is -3.01. The van der Waals surface area contributed by atoms with E-state index >= 15 is 0 Å². The Morgan fingerprint density at radius 2 is 2.00 bits per heavy atom. The van der Waals surface area contributed by atoms with Gasteiger partial charge >= 0.3 is 0 Å². The maximum absolute atomic E-state index is 13.3. The first-order valence-electron chi connectivity index (χ1n) is 10.8. The number of carbonyl (C=O) groups excluding carboxylic acids is 2. The minimum Gasteiger partial charge on any atom is -0.383 e. The minimum atomic E-state index is -0.221. The van der Waals surface area contributed by atoms with Crippen LogP contribution in [0.15, 0.2) is 52.8 Å². The smallest absolute Gasteiger partial charge is 0.281 e. The summed E-state index contributed by atoms with van der Waals surface area (Å²) in [5, 5.41) is 7.14. The van der Waals surface area contributed by atoms with Crippen LogP contribution in [0.4, 0.5) is 5.69 Å². The van der Waals surface area contributed by atoms with Gasteiger partial charge < -0.3 is 19.9 Å². The molecule has 34 heavy (non-hydrogen) atoms. The number of hydrogen-bond acceptors (Lipinski definition) is 4. The number of hydrogen-bond donors (Lipinski definition) is 2. The summed E-state index contributed by atoms with van der Waals surface area (Å²) in [4.78, 5) is 27.2. The van der Waals surface area contributed by atoms with Gasteiger partial charge in [-0.2, -0.15) is 0 Å². The highest BCUT2D eigenvalue weighted by molar-refractivity contribution is 9.10. The summed E-state index contributed by atoms with van der Waals surface area (Å²) in [7, 11) is 1.59. The van der Waals surface area contributed by atoms with Crippen LogP contribution in [0.3, 0.4) is 0 Å². The molecule has 7 nitrogen and oxygen atoms in total. The lowest BCUT2D eigenvalue weighted by Crippen LogP contribution is -2.30. The summed E-state index contributed by atoms with van der Waals surface area (Å²) in [6.45, 7) is 5.08. The van der Waals surface area contributed by atoms with Crippen molar-refractivity contribution >= 4 is 67.7 Å². The van der Waals surface area contributed by atoms with Gasteiger partial charge in [0.2, 0.25) is 5.91 Å². The zero-order chi connectivity index (χ0) is 24.4. The number of nitrogens with one attached hydrogen (secondary N) is 2. The summed E-state index contributed by atoms with van der Waals surface area (Å²) in [6.07, 6.45) is 3.65. The van der Waals surface area contributed by atoms with Gasteiger partial charge in [0.1, 0.15) is 12.2 Å². The number of halogens is 1. The van der Waals surface area contributed by atoms with Crippen molar-refractivity contribution in [3.8, 4) is 0 Å². The molecular formula is C25H25BrN4O3S. The average Bonchev–Trinajstić information content (AvgIpc) is 3.26. The van der Waals surface area contributed by atoms with Crippen LogP contribution in [-0.4, -0.2) is 41.8 Å². The van der Waals surface area contributed by atoms with Crippen LogP contribution < -0.4 is 15.5 Å². The molecule has 1 aromatic heterocycles. The highest BCUT2D eigenvalue weighted by Crippen LogP contribution is 2.29. The SMILES string of the molecule is COCCNC(=O)Cn1cc(/C=C2/NC(=S)N(c3ccc(C)c(C)c3)C2=O)c2cc(Br)ccc21. The predicted octanol–water partition coefficient (Wildman–Crippen LogP) is 4.05. The Labute approximate surface area is 211 Å². The van der Waals surface area contributed by atoms with Crippen LogP contribution in [0.1, 0.15) is 16.7 Å². The van der Waals surface area contributed by atoms with Crippen LogP contribution >= 0.6 is 28.1 Å². The standard InChI is InChI=1S/C25H25BrN4O3S/c1-15-4-6-19(10-16(15)2)30-24(32)21(28-25(30)34)11-17-13-29(14-23(31)27-8-9-33-3)22-7-5-18(26)12-20(17)22/h4-7,10-13H,8-9,14H2,1-3H3,(H,27,31)(H,28,34)/b21-11+. The van der Waals surface area contributed by atoms with Crippen LogP contribution in [0.2, 0.25) is 0 Å². The van der Waals surface area contributed by atoms with Crippen molar-refractivity contribution in [3.63, 3.8) is 0 Å². The number of rotatable bonds is 7. The Morgan fingerprint density at radius 1 is 1.21 bits per heavy atom. The van der Waals surface area contributed by atoms with Gasteiger partial charge in [0.15, 0.2) is 5.11 Å². The summed E-state index contributed by atoms with van der Waals surface area (Å²) in [5.41, 5.74) is 5.04. The van der Waals surface area contributed by atoms with E-state index in [2.05, 4.69) is 26.6 Å². The van der Waals surface area contributed by atoms with Gasteiger partial charge in [-0.3, -0.25) is 14.5 Å². The third kappa shape index (κ3) is 4.91. The first kappa shape index (κ1) is 24.1. The third-order valence-electron chi connectivity index (χ3n) is 5.74. The third-order valence-corrected chi connectivity index (χ3v) is 6.52. The van der Waals surface area contributed by atoms with Crippen molar-refractivity contribution < 1.29 is 14.3 Å². The van der Waals surface area contributed by atoms with E-state index in [1.54, 1.807) is 13.2 Å². The number of fused-ring (bicyclic) bond motifs is 1. The van der Waals surface area contributed by atoms with E-state index in [0.717, 1.165) is 37.8 Å². The molecule has 176 valence electrons. The first-order valence-corrected chi connectivity index (χ1v) is 12.0. The summed E-state index contributed by atoms with van der Waals surface area (Å²) < 4.78 is 7.76. The van der Waals surface area contributed by atoms with E-state index in [9.17, 15) is 9.59 Å². The molecule has 4 rings (SSSR count). The second-order valence-electron chi connectivity index (χ2n) is 8.11. The zero-order valence-corrected chi connectivity index (χ0v) is 21.5. The van der Waals surface area contributed by atoms with Crippen molar-refractivity contribution in [1.82, 2.24) is 15.2 Å². The fraction of sp³-hybridized carbons (Fsp3) is 0.240. The highest BCUT2D eigenvalue weighted by Gasteiger charge is 2.32. The number of thiocarbonyl (C=S) groups is 1. The molecule has 0 bridgehead atoms. The Balaban J connectivity index is 1.67. The van der Waals surface area contributed by atoms with E-state index in [0.29, 0.717) is 24.0 Å². The maximum atomic E-state index is 13.3. The highest BCUT2D eigenvalue weighted by atomic mass is 79.9. The molecule has 0 atom stereocenters. The number of aryl methyl sites for hydroxylation is 2. The van der Waals surface area contributed by atoms with Gasteiger partial charge in [0, 0.05) is 40.8 Å². The lowest BCUT2D eigenvalue weighted by Gasteiger charge is -2.15. The molecule has 1 fully saturated rings. The maximum Gasteiger partial charge on any atom is 0.281 e. The van der Waals surface area contributed by atoms with Crippen LogP contribution in [0.5, 0.6) is 0 Å². The molecule has 0 radical (unpaired) electrons. The average molecular weight is 541 g/mol. The summed E-state index contributed by atoms with van der Waals surface area (Å²) in [6, 6.07) is 11.7. The molecule has 2 aromatic carbocycles. The molecule has 9 heteroatoms. The molecule has 1 aliphatic heterocycles. The van der Waals surface area contributed by atoms with Gasteiger partial charge in [-0.1, -0.05) is 22.0 Å².